The molecule has 15 heavy (non-hydrogen) atoms. The Balaban J connectivity index is 2.24. The van der Waals surface area contributed by atoms with Crippen LogP contribution in [0.25, 0.3) is 11.3 Å². The number of carbonyl (C=O) groups excluding carboxylic acids is 1. The number of carbonyl (C=O) groups is 1. The maximum Gasteiger partial charge on any atom is 0.329 e. The predicted octanol–water partition coefficient (Wildman–Crippen LogP) is 1.53. The summed E-state index contributed by atoms with van der Waals surface area (Å²) >= 11 is 0. The van der Waals surface area contributed by atoms with Crippen LogP contribution in [0.2, 0.25) is 0 Å². The molecular formula is C11H10N2O2. The van der Waals surface area contributed by atoms with Crippen LogP contribution in [0.15, 0.2) is 42.9 Å². The number of aromatic nitrogens is 2. The Labute approximate surface area is 87.1 Å². The summed E-state index contributed by atoms with van der Waals surface area (Å²) in [4.78, 5) is 19.6. The zero-order valence-corrected chi connectivity index (χ0v) is 8.25. The number of hydrogen-bond acceptors (Lipinski definition) is 3. The molecule has 0 atom stereocenters. The highest BCUT2D eigenvalue weighted by Crippen LogP contribution is 2.15. The van der Waals surface area contributed by atoms with Crippen molar-refractivity contribution in [3.63, 3.8) is 0 Å². The van der Waals surface area contributed by atoms with Crippen LogP contribution in [0.4, 0.5) is 0 Å². The molecule has 4 nitrogen and oxygen atoms in total. The van der Waals surface area contributed by atoms with E-state index in [0.717, 1.165) is 11.3 Å². The summed E-state index contributed by atoms with van der Waals surface area (Å²) in [6, 6.07) is 9.69. The van der Waals surface area contributed by atoms with Crippen LogP contribution in [0.1, 0.15) is 6.92 Å². The van der Waals surface area contributed by atoms with Gasteiger partial charge in [0.05, 0.1) is 11.9 Å². The summed E-state index contributed by atoms with van der Waals surface area (Å²) in [5, 5.41) is 0. The Kier molecular flexibility index (Phi) is 2.49. The van der Waals surface area contributed by atoms with Gasteiger partial charge in [-0.05, 0) is 0 Å². The highest BCUT2D eigenvalue weighted by atomic mass is 16.7. The molecule has 0 N–H and O–H groups in total. The number of hydrogen-bond donors (Lipinski definition) is 0. The molecule has 1 aromatic heterocycles. The van der Waals surface area contributed by atoms with Crippen molar-refractivity contribution in [3.8, 4) is 11.3 Å². The summed E-state index contributed by atoms with van der Waals surface area (Å²) in [5.41, 5.74) is 1.76. The van der Waals surface area contributed by atoms with Gasteiger partial charge in [0.25, 0.3) is 0 Å². The van der Waals surface area contributed by atoms with Gasteiger partial charge in [-0.1, -0.05) is 30.3 Å². The van der Waals surface area contributed by atoms with Crippen molar-refractivity contribution in [3.05, 3.63) is 42.9 Å². The molecule has 0 aliphatic heterocycles. The smallest absolute Gasteiger partial charge is 0.329 e. The minimum Gasteiger partial charge on any atom is -0.336 e. The first-order valence-corrected chi connectivity index (χ1v) is 4.54. The van der Waals surface area contributed by atoms with Crippen LogP contribution in [0, 0.1) is 0 Å². The first kappa shape index (κ1) is 9.45. The van der Waals surface area contributed by atoms with E-state index < -0.39 is 0 Å². The number of rotatable bonds is 2. The van der Waals surface area contributed by atoms with Gasteiger partial charge in [0, 0.05) is 12.5 Å². The molecule has 0 radical (unpaired) electrons. The fourth-order valence-corrected chi connectivity index (χ4v) is 1.26. The van der Waals surface area contributed by atoms with Crippen LogP contribution >= 0.6 is 0 Å². The third-order valence-corrected chi connectivity index (χ3v) is 1.86. The van der Waals surface area contributed by atoms with Crippen LogP contribution in [-0.2, 0) is 4.79 Å². The lowest BCUT2D eigenvalue weighted by Crippen LogP contribution is -2.14. The maximum atomic E-state index is 10.7. The van der Waals surface area contributed by atoms with Gasteiger partial charge < -0.3 is 4.84 Å². The van der Waals surface area contributed by atoms with E-state index in [0.29, 0.717) is 0 Å². The van der Waals surface area contributed by atoms with Gasteiger partial charge in [-0.15, -0.1) is 0 Å². The van der Waals surface area contributed by atoms with Gasteiger partial charge in [0.1, 0.15) is 6.33 Å². The van der Waals surface area contributed by atoms with Gasteiger partial charge in [-0.3, -0.25) is 0 Å². The molecule has 0 spiro atoms. The zero-order chi connectivity index (χ0) is 10.7. The summed E-state index contributed by atoms with van der Waals surface area (Å²) in [5.74, 6) is -0.369. The van der Waals surface area contributed by atoms with E-state index in [1.54, 1.807) is 6.20 Å². The van der Waals surface area contributed by atoms with Crippen molar-refractivity contribution in [1.82, 2.24) is 9.71 Å². The Hall–Kier alpha value is -2.10. The molecular weight excluding hydrogens is 192 g/mol. The monoisotopic (exact) mass is 202 g/mol. The molecule has 0 saturated carbocycles. The fourth-order valence-electron chi connectivity index (χ4n) is 1.26. The quantitative estimate of drug-likeness (QED) is 0.741. The molecule has 0 saturated heterocycles. The zero-order valence-electron chi connectivity index (χ0n) is 8.25. The summed E-state index contributed by atoms with van der Waals surface area (Å²) in [6.07, 6.45) is 3.13. The van der Waals surface area contributed by atoms with Crippen molar-refractivity contribution in [1.29, 1.82) is 0 Å². The molecule has 2 aromatic rings. The topological polar surface area (TPSA) is 44.1 Å². The van der Waals surface area contributed by atoms with Crippen molar-refractivity contribution in [2.24, 2.45) is 0 Å². The largest absolute Gasteiger partial charge is 0.336 e. The molecule has 4 heteroatoms. The summed E-state index contributed by atoms with van der Waals surface area (Å²) in [6.45, 7) is 1.35. The normalized spacial score (nSPS) is 9.93. The minimum atomic E-state index is -0.369. The van der Waals surface area contributed by atoms with Crippen molar-refractivity contribution in [2.45, 2.75) is 6.92 Å². The van der Waals surface area contributed by atoms with Gasteiger partial charge in [-0.25, -0.2) is 9.78 Å². The van der Waals surface area contributed by atoms with Crippen molar-refractivity contribution in [2.75, 3.05) is 0 Å². The molecule has 0 aliphatic carbocycles. The Bertz CT molecular complexity index is 462. The Morgan fingerprint density at radius 1 is 1.33 bits per heavy atom. The number of benzene rings is 1. The molecule has 76 valence electrons. The first-order chi connectivity index (χ1) is 7.25. The van der Waals surface area contributed by atoms with Crippen LogP contribution in [0.3, 0.4) is 0 Å². The molecule has 2 rings (SSSR count). The average Bonchev–Trinajstić information content (AvgIpc) is 2.67. The van der Waals surface area contributed by atoms with Crippen molar-refractivity contribution < 1.29 is 9.63 Å². The van der Waals surface area contributed by atoms with E-state index in [2.05, 4.69) is 4.98 Å². The summed E-state index contributed by atoms with van der Waals surface area (Å²) < 4.78 is 1.30. The summed E-state index contributed by atoms with van der Waals surface area (Å²) in [7, 11) is 0. The van der Waals surface area contributed by atoms with E-state index in [9.17, 15) is 4.79 Å². The van der Waals surface area contributed by atoms with Gasteiger partial charge >= 0.3 is 5.97 Å². The second-order valence-electron chi connectivity index (χ2n) is 3.07. The van der Waals surface area contributed by atoms with Gasteiger partial charge in [-0.2, -0.15) is 4.73 Å². The molecule has 1 aromatic carbocycles. The minimum absolute atomic E-state index is 0.369. The molecule has 0 bridgehead atoms. The lowest BCUT2D eigenvalue weighted by atomic mass is 10.2. The second kappa shape index (κ2) is 3.96. The molecule has 0 aliphatic rings. The molecule has 0 fully saturated rings. The predicted molar refractivity (Wildman–Crippen MR) is 54.9 cm³/mol. The number of nitrogens with zero attached hydrogens (tertiary/aromatic N) is 2. The SMILES string of the molecule is CC(=O)On1cnc(-c2ccccc2)c1. The third-order valence-electron chi connectivity index (χ3n) is 1.86. The second-order valence-corrected chi connectivity index (χ2v) is 3.07. The standard InChI is InChI=1S/C11H10N2O2/c1-9(14)15-13-7-11(12-8-13)10-5-3-2-4-6-10/h2-8H,1H3. The lowest BCUT2D eigenvalue weighted by Gasteiger charge is -1.97. The van der Waals surface area contributed by atoms with Gasteiger partial charge in [0.2, 0.25) is 0 Å². The third kappa shape index (κ3) is 2.22. The van der Waals surface area contributed by atoms with E-state index in [1.807, 2.05) is 30.3 Å². The lowest BCUT2D eigenvalue weighted by molar-refractivity contribution is -0.141. The van der Waals surface area contributed by atoms with E-state index in [1.165, 1.54) is 18.0 Å². The number of imidazole rings is 1. The molecule has 1 heterocycles. The Morgan fingerprint density at radius 3 is 2.73 bits per heavy atom. The highest BCUT2D eigenvalue weighted by Gasteiger charge is 2.02. The molecule has 0 unspecified atom stereocenters. The van der Waals surface area contributed by atoms with E-state index in [4.69, 9.17) is 4.84 Å². The maximum absolute atomic E-state index is 10.7. The average molecular weight is 202 g/mol. The van der Waals surface area contributed by atoms with E-state index in [-0.39, 0.29) is 5.97 Å². The van der Waals surface area contributed by atoms with Gasteiger partial charge in [0.15, 0.2) is 0 Å². The van der Waals surface area contributed by atoms with Crippen LogP contribution < -0.4 is 4.84 Å². The van der Waals surface area contributed by atoms with E-state index >= 15 is 0 Å². The highest BCUT2D eigenvalue weighted by molar-refractivity contribution is 5.66. The van der Waals surface area contributed by atoms with Crippen LogP contribution in [0.5, 0.6) is 0 Å². The van der Waals surface area contributed by atoms with Crippen LogP contribution in [-0.4, -0.2) is 15.7 Å². The fraction of sp³-hybridized carbons (Fsp3) is 0.0909. The Morgan fingerprint density at radius 2 is 2.07 bits per heavy atom. The van der Waals surface area contributed by atoms with Crippen molar-refractivity contribution >= 4 is 5.97 Å². The first-order valence-electron chi connectivity index (χ1n) is 4.54. The molecule has 0 amide bonds.